The molecule has 21 heavy (non-hydrogen) atoms. The first-order valence-electron chi connectivity index (χ1n) is 6.88. The van der Waals surface area contributed by atoms with Crippen molar-refractivity contribution in [2.45, 2.75) is 31.1 Å². The number of rotatable bonds is 7. The van der Waals surface area contributed by atoms with E-state index in [1.807, 2.05) is 0 Å². The number of hydrogen-bond acceptors (Lipinski definition) is 5. The average molecular weight is 310 g/mol. The molecule has 6 heteroatoms. The minimum Gasteiger partial charge on any atom is -0.494 e. The monoisotopic (exact) mass is 310 g/mol. The van der Waals surface area contributed by atoms with Crippen LogP contribution >= 0.6 is 0 Å². The lowest BCUT2D eigenvalue weighted by Gasteiger charge is -2.07. The molecule has 0 saturated carbocycles. The maximum Gasteiger partial charge on any atom is 0.305 e. The number of hydrogen-bond donors (Lipinski definition) is 0. The lowest BCUT2D eigenvalue weighted by Crippen LogP contribution is -2.05. The predicted octanol–water partition coefficient (Wildman–Crippen LogP) is 2.56. The molecule has 1 aliphatic rings. The molecule has 0 atom stereocenters. The molecular weight excluding hydrogens is 292 g/mol. The number of sulfone groups is 1. The molecule has 1 aromatic rings. The van der Waals surface area contributed by atoms with Crippen LogP contribution < -0.4 is 4.74 Å². The van der Waals surface area contributed by atoms with Crippen LogP contribution in [0.1, 0.15) is 31.7 Å². The van der Waals surface area contributed by atoms with Gasteiger partial charge in [-0.05, 0) is 49.6 Å². The summed E-state index contributed by atoms with van der Waals surface area (Å²) in [6, 6.07) is 4.91. The molecule has 0 saturated heterocycles. The number of benzene rings is 1. The van der Waals surface area contributed by atoms with Crippen molar-refractivity contribution in [2.75, 3.05) is 13.2 Å². The smallest absolute Gasteiger partial charge is 0.305 e. The summed E-state index contributed by atoms with van der Waals surface area (Å²) < 4.78 is 33.6. The SMILES string of the molecule is CCOC(=O)CCCCOc1ccc2c(c1)C=CS2(=O)=O. The van der Waals surface area contributed by atoms with Crippen LogP contribution in [0.4, 0.5) is 0 Å². The average Bonchev–Trinajstić information content (AvgIpc) is 2.74. The van der Waals surface area contributed by atoms with Gasteiger partial charge in [-0.2, -0.15) is 0 Å². The zero-order valence-corrected chi connectivity index (χ0v) is 12.7. The van der Waals surface area contributed by atoms with Crippen LogP contribution in [0, 0.1) is 0 Å². The molecule has 0 unspecified atom stereocenters. The highest BCUT2D eigenvalue weighted by molar-refractivity contribution is 7.94. The van der Waals surface area contributed by atoms with E-state index in [4.69, 9.17) is 9.47 Å². The van der Waals surface area contributed by atoms with Crippen LogP contribution in [0.15, 0.2) is 28.5 Å². The second-order valence-electron chi connectivity index (χ2n) is 4.66. The summed E-state index contributed by atoms with van der Waals surface area (Å²) in [5.74, 6) is 0.442. The van der Waals surface area contributed by atoms with E-state index in [1.165, 1.54) is 5.41 Å². The van der Waals surface area contributed by atoms with Crippen LogP contribution in [0.5, 0.6) is 5.75 Å². The number of carbonyl (C=O) groups excluding carboxylic acids is 1. The third kappa shape index (κ3) is 4.07. The van der Waals surface area contributed by atoms with Gasteiger partial charge in [0, 0.05) is 11.8 Å². The summed E-state index contributed by atoms with van der Waals surface area (Å²) in [6.07, 6.45) is 3.41. The van der Waals surface area contributed by atoms with Gasteiger partial charge in [0.25, 0.3) is 0 Å². The maximum atomic E-state index is 11.6. The molecule has 0 N–H and O–H groups in total. The first-order valence-corrected chi connectivity index (χ1v) is 8.43. The molecule has 0 radical (unpaired) electrons. The second-order valence-corrected chi connectivity index (χ2v) is 6.46. The molecule has 0 aromatic heterocycles. The Morgan fingerprint density at radius 3 is 2.81 bits per heavy atom. The highest BCUT2D eigenvalue weighted by Crippen LogP contribution is 2.29. The van der Waals surface area contributed by atoms with Crippen molar-refractivity contribution >= 4 is 21.9 Å². The van der Waals surface area contributed by atoms with Gasteiger partial charge < -0.3 is 9.47 Å². The molecule has 0 fully saturated rings. The van der Waals surface area contributed by atoms with E-state index in [2.05, 4.69) is 0 Å². The number of ether oxygens (including phenoxy) is 2. The zero-order valence-electron chi connectivity index (χ0n) is 11.9. The van der Waals surface area contributed by atoms with Gasteiger partial charge in [0.1, 0.15) is 5.75 Å². The van der Waals surface area contributed by atoms with Gasteiger partial charge in [-0.1, -0.05) is 0 Å². The van der Waals surface area contributed by atoms with Gasteiger partial charge in [-0.15, -0.1) is 0 Å². The Balaban J connectivity index is 1.78. The quantitative estimate of drug-likeness (QED) is 0.572. The summed E-state index contributed by atoms with van der Waals surface area (Å²) in [5.41, 5.74) is 0.652. The third-order valence-electron chi connectivity index (χ3n) is 3.06. The van der Waals surface area contributed by atoms with Crippen molar-refractivity contribution in [1.29, 1.82) is 0 Å². The molecule has 0 bridgehead atoms. The van der Waals surface area contributed by atoms with E-state index in [9.17, 15) is 13.2 Å². The van der Waals surface area contributed by atoms with E-state index in [-0.39, 0.29) is 5.97 Å². The molecule has 114 valence electrons. The molecule has 2 rings (SSSR count). The lowest BCUT2D eigenvalue weighted by molar-refractivity contribution is -0.143. The topological polar surface area (TPSA) is 69.7 Å². The van der Waals surface area contributed by atoms with Gasteiger partial charge in [-0.3, -0.25) is 4.79 Å². The van der Waals surface area contributed by atoms with Gasteiger partial charge in [0.05, 0.1) is 18.1 Å². The Labute approximate surface area is 124 Å². The number of fused-ring (bicyclic) bond motifs is 1. The molecule has 1 heterocycles. The highest BCUT2D eigenvalue weighted by atomic mass is 32.2. The van der Waals surface area contributed by atoms with Gasteiger partial charge >= 0.3 is 5.97 Å². The predicted molar refractivity (Wildman–Crippen MR) is 78.6 cm³/mol. The van der Waals surface area contributed by atoms with Crippen molar-refractivity contribution in [2.24, 2.45) is 0 Å². The van der Waals surface area contributed by atoms with Crippen molar-refractivity contribution in [3.63, 3.8) is 0 Å². The van der Waals surface area contributed by atoms with E-state index < -0.39 is 9.84 Å². The van der Waals surface area contributed by atoms with Gasteiger partial charge in [-0.25, -0.2) is 8.42 Å². The van der Waals surface area contributed by atoms with E-state index >= 15 is 0 Å². The fraction of sp³-hybridized carbons (Fsp3) is 0.400. The summed E-state index contributed by atoms with van der Waals surface area (Å²) in [4.78, 5) is 11.5. The fourth-order valence-electron chi connectivity index (χ4n) is 2.04. The third-order valence-corrected chi connectivity index (χ3v) is 4.54. The normalized spacial score (nSPS) is 14.7. The minimum absolute atomic E-state index is 0.189. The van der Waals surface area contributed by atoms with Gasteiger partial charge in [0.2, 0.25) is 0 Å². The van der Waals surface area contributed by atoms with Crippen LogP contribution in [0.2, 0.25) is 0 Å². The molecular formula is C15H18O5S. The van der Waals surface area contributed by atoms with E-state index in [0.717, 1.165) is 6.42 Å². The summed E-state index contributed by atoms with van der Waals surface area (Å²) in [7, 11) is -3.25. The Bertz CT molecular complexity index is 646. The molecule has 0 spiro atoms. The van der Waals surface area contributed by atoms with E-state index in [0.29, 0.717) is 42.3 Å². The Hall–Kier alpha value is -1.82. The van der Waals surface area contributed by atoms with Crippen LogP contribution in [-0.4, -0.2) is 27.6 Å². The van der Waals surface area contributed by atoms with Gasteiger partial charge in [0.15, 0.2) is 9.84 Å². The Kier molecular flexibility index (Phi) is 5.01. The summed E-state index contributed by atoms with van der Waals surface area (Å²) in [6.45, 7) is 2.67. The number of carbonyl (C=O) groups is 1. The van der Waals surface area contributed by atoms with Crippen molar-refractivity contribution in [3.05, 3.63) is 29.2 Å². The molecule has 0 aliphatic carbocycles. The van der Waals surface area contributed by atoms with Crippen LogP contribution in [-0.2, 0) is 19.4 Å². The lowest BCUT2D eigenvalue weighted by atomic mass is 10.2. The summed E-state index contributed by atoms with van der Waals surface area (Å²) >= 11 is 0. The second kappa shape index (κ2) is 6.76. The zero-order chi connectivity index (χ0) is 15.3. The maximum absolute atomic E-state index is 11.6. The van der Waals surface area contributed by atoms with Crippen molar-refractivity contribution in [3.8, 4) is 5.75 Å². The molecule has 0 amide bonds. The van der Waals surface area contributed by atoms with E-state index in [1.54, 1.807) is 31.2 Å². The van der Waals surface area contributed by atoms with Crippen LogP contribution in [0.3, 0.4) is 0 Å². The first kappa shape index (κ1) is 15.6. The van der Waals surface area contributed by atoms with Crippen LogP contribution in [0.25, 0.3) is 6.08 Å². The Morgan fingerprint density at radius 1 is 1.24 bits per heavy atom. The Morgan fingerprint density at radius 2 is 2.05 bits per heavy atom. The molecule has 5 nitrogen and oxygen atoms in total. The highest BCUT2D eigenvalue weighted by Gasteiger charge is 2.20. The van der Waals surface area contributed by atoms with Crippen molar-refractivity contribution < 1.29 is 22.7 Å². The summed E-state index contributed by atoms with van der Waals surface area (Å²) in [5, 5.41) is 1.20. The number of esters is 1. The minimum atomic E-state index is -3.25. The fourth-order valence-corrected chi connectivity index (χ4v) is 3.22. The standard InChI is InChI=1S/C15H18O5S/c1-2-19-15(16)5-3-4-9-20-13-6-7-14-12(11-13)8-10-21(14,17)18/h6-8,10-11H,2-5,9H2,1H3. The number of unbranched alkanes of at least 4 members (excludes halogenated alkanes) is 1. The van der Waals surface area contributed by atoms with Crippen molar-refractivity contribution in [1.82, 2.24) is 0 Å². The first-order chi connectivity index (χ1) is 10.0. The molecule has 1 aliphatic heterocycles. The molecule has 1 aromatic carbocycles. The largest absolute Gasteiger partial charge is 0.494 e.